The zero-order valence-electron chi connectivity index (χ0n) is 19.5. The molecule has 1 aliphatic rings. The predicted octanol–water partition coefficient (Wildman–Crippen LogP) is 4.08. The van der Waals surface area contributed by atoms with Crippen LogP contribution in [-0.4, -0.2) is 49.1 Å². The summed E-state index contributed by atoms with van der Waals surface area (Å²) in [5.74, 6) is 0.498. The molecule has 0 bridgehead atoms. The standard InChI is InChI=1S/C25H24N4O5S/c1-32-20-11-18(12-21(33-2)23(20)34-3)29-13-16(10-22(29)30)24(31)26-17-6-4-15(5-7-17)19-14-28-8-9-35-25(28)27-19/h4-9,11-12,14,16H,10,13H2,1-3H3,(H,26,31). The van der Waals surface area contributed by atoms with Gasteiger partial charge < -0.3 is 24.4 Å². The van der Waals surface area contributed by atoms with Crippen molar-refractivity contribution in [3.63, 3.8) is 0 Å². The molecule has 35 heavy (non-hydrogen) atoms. The minimum Gasteiger partial charge on any atom is -0.493 e. The fourth-order valence-electron chi connectivity index (χ4n) is 4.19. The van der Waals surface area contributed by atoms with Gasteiger partial charge in [0.05, 0.1) is 38.6 Å². The Hall–Kier alpha value is -4.05. The number of carbonyl (C=O) groups is 2. The Morgan fingerprint density at radius 2 is 1.80 bits per heavy atom. The van der Waals surface area contributed by atoms with Crippen LogP contribution in [0.3, 0.4) is 0 Å². The Balaban J connectivity index is 1.28. The average molecular weight is 493 g/mol. The van der Waals surface area contributed by atoms with Crippen LogP contribution in [0, 0.1) is 5.92 Å². The normalized spacial score (nSPS) is 15.5. The van der Waals surface area contributed by atoms with Crippen molar-refractivity contribution in [3.8, 4) is 28.5 Å². The van der Waals surface area contributed by atoms with Crippen LogP contribution in [0.4, 0.5) is 11.4 Å². The maximum Gasteiger partial charge on any atom is 0.229 e. The Morgan fingerprint density at radius 1 is 1.09 bits per heavy atom. The van der Waals surface area contributed by atoms with Crippen molar-refractivity contribution in [1.29, 1.82) is 0 Å². The van der Waals surface area contributed by atoms with Crippen LogP contribution >= 0.6 is 11.3 Å². The molecule has 1 fully saturated rings. The number of benzene rings is 2. The average Bonchev–Trinajstić information content (AvgIpc) is 3.58. The number of fused-ring (bicyclic) bond motifs is 1. The minimum absolute atomic E-state index is 0.117. The number of nitrogens with one attached hydrogen (secondary N) is 1. The second-order valence-corrected chi connectivity index (χ2v) is 8.95. The molecular formula is C25H24N4O5S. The fraction of sp³-hybridized carbons (Fsp3) is 0.240. The van der Waals surface area contributed by atoms with Gasteiger partial charge in [-0.2, -0.15) is 0 Å². The van der Waals surface area contributed by atoms with Gasteiger partial charge in [0.2, 0.25) is 17.6 Å². The molecule has 9 nitrogen and oxygen atoms in total. The van der Waals surface area contributed by atoms with Crippen LogP contribution in [0.25, 0.3) is 16.2 Å². The van der Waals surface area contributed by atoms with E-state index in [-0.39, 0.29) is 24.8 Å². The number of anilines is 2. The summed E-state index contributed by atoms with van der Waals surface area (Å²) in [6.45, 7) is 0.257. The number of aromatic nitrogens is 2. The molecule has 2 amide bonds. The minimum atomic E-state index is -0.485. The van der Waals surface area contributed by atoms with Crippen LogP contribution in [0.1, 0.15) is 6.42 Å². The topological polar surface area (TPSA) is 94.4 Å². The smallest absolute Gasteiger partial charge is 0.229 e. The largest absolute Gasteiger partial charge is 0.493 e. The molecule has 1 saturated heterocycles. The Morgan fingerprint density at radius 3 is 2.43 bits per heavy atom. The second-order valence-electron chi connectivity index (χ2n) is 8.07. The molecule has 4 aromatic rings. The van der Waals surface area contributed by atoms with Crippen molar-refractivity contribution < 1.29 is 23.8 Å². The Labute approximate surface area is 205 Å². The van der Waals surface area contributed by atoms with Crippen LogP contribution in [0.2, 0.25) is 0 Å². The number of nitrogens with zero attached hydrogens (tertiary/aromatic N) is 3. The molecule has 2 aromatic carbocycles. The molecule has 5 rings (SSSR count). The maximum absolute atomic E-state index is 12.9. The summed E-state index contributed by atoms with van der Waals surface area (Å²) in [6, 6.07) is 10.9. The van der Waals surface area contributed by atoms with E-state index in [1.165, 1.54) is 21.3 Å². The summed E-state index contributed by atoms with van der Waals surface area (Å²) in [4.78, 5) is 32.8. The number of methoxy groups -OCH3 is 3. The maximum atomic E-state index is 12.9. The third-order valence-electron chi connectivity index (χ3n) is 6.00. The van der Waals surface area contributed by atoms with Gasteiger partial charge in [0.25, 0.3) is 0 Å². The fourth-order valence-corrected chi connectivity index (χ4v) is 4.89. The molecule has 1 aliphatic heterocycles. The third-order valence-corrected chi connectivity index (χ3v) is 6.77. The number of hydrogen-bond donors (Lipinski definition) is 1. The molecule has 0 saturated carbocycles. The summed E-state index contributed by atoms with van der Waals surface area (Å²) < 4.78 is 18.1. The van der Waals surface area contributed by atoms with Crippen molar-refractivity contribution in [3.05, 3.63) is 54.2 Å². The van der Waals surface area contributed by atoms with E-state index < -0.39 is 5.92 Å². The van der Waals surface area contributed by atoms with E-state index in [1.807, 2.05) is 46.4 Å². The molecular weight excluding hydrogens is 468 g/mol. The zero-order chi connectivity index (χ0) is 24.5. The van der Waals surface area contributed by atoms with Crippen LogP contribution < -0.4 is 24.4 Å². The number of hydrogen-bond acceptors (Lipinski definition) is 7. The lowest BCUT2D eigenvalue weighted by Gasteiger charge is -2.20. The lowest BCUT2D eigenvalue weighted by atomic mass is 10.1. The number of carbonyl (C=O) groups excluding carboxylic acids is 2. The summed E-state index contributed by atoms with van der Waals surface area (Å²) >= 11 is 1.58. The lowest BCUT2D eigenvalue weighted by molar-refractivity contribution is -0.122. The first kappa shape index (κ1) is 22.7. The van der Waals surface area contributed by atoms with Gasteiger partial charge in [-0.15, -0.1) is 11.3 Å². The highest BCUT2D eigenvalue weighted by molar-refractivity contribution is 7.15. The molecule has 0 spiro atoms. The van der Waals surface area contributed by atoms with Crippen molar-refractivity contribution in [2.75, 3.05) is 38.1 Å². The monoisotopic (exact) mass is 492 g/mol. The van der Waals surface area contributed by atoms with Crippen molar-refractivity contribution in [1.82, 2.24) is 9.38 Å². The summed E-state index contributed by atoms with van der Waals surface area (Å²) in [5.41, 5.74) is 3.09. The van der Waals surface area contributed by atoms with E-state index in [2.05, 4.69) is 10.3 Å². The van der Waals surface area contributed by atoms with Gasteiger partial charge in [-0.25, -0.2) is 4.98 Å². The summed E-state index contributed by atoms with van der Waals surface area (Å²) in [5, 5.41) is 4.92. The molecule has 1 unspecified atom stereocenters. The van der Waals surface area contributed by atoms with E-state index in [9.17, 15) is 9.59 Å². The number of ether oxygens (including phenoxy) is 3. The van der Waals surface area contributed by atoms with E-state index in [0.29, 0.717) is 28.6 Å². The van der Waals surface area contributed by atoms with Crippen LogP contribution in [0.15, 0.2) is 54.2 Å². The van der Waals surface area contributed by atoms with E-state index >= 15 is 0 Å². The van der Waals surface area contributed by atoms with Gasteiger partial charge in [0.15, 0.2) is 16.5 Å². The van der Waals surface area contributed by atoms with Crippen molar-refractivity contribution in [2.45, 2.75) is 6.42 Å². The van der Waals surface area contributed by atoms with E-state index in [0.717, 1.165) is 16.2 Å². The van der Waals surface area contributed by atoms with Crippen molar-refractivity contribution in [2.24, 2.45) is 5.92 Å². The molecule has 3 heterocycles. The van der Waals surface area contributed by atoms with Gasteiger partial charge in [-0.05, 0) is 12.1 Å². The van der Waals surface area contributed by atoms with Crippen LogP contribution in [0.5, 0.6) is 17.2 Å². The zero-order valence-corrected chi connectivity index (χ0v) is 20.3. The molecule has 180 valence electrons. The second kappa shape index (κ2) is 9.30. The van der Waals surface area contributed by atoms with Gasteiger partial charge in [0, 0.05) is 54.1 Å². The third kappa shape index (κ3) is 4.28. The lowest BCUT2D eigenvalue weighted by Crippen LogP contribution is -2.28. The van der Waals surface area contributed by atoms with E-state index in [4.69, 9.17) is 14.2 Å². The van der Waals surface area contributed by atoms with Crippen molar-refractivity contribution >= 4 is 39.5 Å². The number of rotatable bonds is 7. The highest BCUT2D eigenvalue weighted by Gasteiger charge is 2.36. The molecule has 1 atom stereocenters. The van der Waals surface area contributed by atoms with Gasteiger partial charge >= 0.3 is 0 Å². The first-order valence-corrected chi connectivity index (χ1v) is 11.8. The predicted molar refractivity (Wildman–Crippen MR) is 134 cm³/mol. The molecule has 10 heteroatoms. The summed E-state index contributed by atoms with van der Waals surface area (Å²) in [6.07, 6.45) is 4.06. The number of imidazole rings is 1. The highest BCUT2D eigenvalue weighted by atomic mass is 32.1. The first-order valence-electron chi connectivity index (χ1n) is 10.9. The van der Waals surface area contributed by atoms with E-state index in [1.54, 1.807) is 28.4 Å². The Bertz CT molecular complexity index is 1340. The van der Waals surface area contributed by atoms with Gasteiger partial charge in [-0.1, -0.05) is 12.1 Å². The first-order chi connectivity index (χ1) is 17.0. The molecule has 2 aromatic heterocycles. The van der Waals surface area contributed by atoms with Gasteiger partial charge in [-0.3, -0.25) is 14.0 Å². The summed E-state index contributed by atoms with van der Waals surface area (Å²) in [7, 11) is 4.56. The SMILES string of the molecule is COc1cc(N2CC(C(=O)Nc3ccc(-c4cn5ccsc5n4)cc3)CC2=O)cc(OC)c1OC. The molecule has 0 radical (unpaired) electrons. The number of amides is 2. The molecule has 1 N–H and O–H groups in total. The highest BCUT2D eigenvalue weighted by Crippen LogP contribution is 2.42. The van der Waals surface area contributed by atoms with Gasteiger partial charge in [0.1, 0.15) is 0 Å². The Kier molecular flexibility index (Phi) is 6.04. The van der Waals surface area contributed by atoms with Crippen LogP contribution in [-0.2, 0) is 9.59 Å². The number of thiazole rings is 1. The quantitative estimate of drug-likeness (QED) is 0.418. The molecule has 0 aliphatic carbocycles.